The first-order chi connectivity index (χ1) is 10.2. The lowest BCUT2D eigenvalue weighted by molar-refractivity contribution is -0.0514. The van der Waals surface area contributed by atoms with Crippen molar-refractivity contribution in [3.8, 4) is 0 Å². The fraction of sp³-hybridized carbons (Fsp3) is 0.900. The number of allylic oxidation sites excluding steroid dienone is 2. The van der Waals surface area contributed by atoms with E-state index in [9.17, 15) is 5.11 Å². The van der Waals surface area contributed by atoms with Crippen LogP contribution in [0.3, 0.4) is 0 Å². The van der Waals surface area contributed by atoms with Crippen LogP contribution in [-0.4, -0.2) is 11.7 Å². The van der Waals surface area contributed by atoms with Gasteiger partial charge in [-0.25, -0.2) is 0 Å². The van der Waals surface area contributed by atoms with Crippen molar-refractivity contribution < 1.29 is 5.11 Å². The molecule has 4 aliphatic rings. The minimum Gasteiger partial charge on any atom is -0.396 e. The number of rotatable bonds is 2. The molecule has 0 radical (unpaired) electrons. The number of aliphatic hydroxyl groups excluding tert-OH is 1. The van der Waals surface area contributed by atoms with E-state index in [1.807, 2.05) is 0 Å². The van der Waals surface area contributed by atoms with Crippen molar-refractivity contribution >= 4 is 0 Å². The second-order valence-electron chi connectivity index (χ2n) is 8.75. The Morgan fingerprint density at radius 3 is 2.86 bits per heavy atom. The van der Waals surface area contributed by atoms with Gasteiger partial charge in [0, 0.05) is 6.61 Å². The summed E-state index contributed by atoms with van der Waals surface area (Å²) in [6.07, 6.45) is 17.8. The Hall–Kier alpha value is -0.300. The van der Waals surface area contributed by atoms with E-state index in [1.165, 1.54) is 64.2 Å². The molecule has 0 aromatic rings. The van der Waals surface area contributed by atoms with Gasteiger partial charge >= 0.3 is 0 Å². The van der Waals surface area contributed by atoms with Crippen molar-refractivity contribution in [3.05, 3.63) is 11.6 Å². The summed E-state index contributed by atoms with van der Waals surface area (Å²) in [5.74, 6) is 2.85. The Labute approximate surface area is 130 Å². The molecular weight excluding hydrogens is 256 g/mol. The van der Waals surface area contributed by atoms with E-state index in [0.717, 1.165) is 24.2 Å². The van der Waals surface area contributed by atoms with Crippen LogP contribution in [0.2, 0.25) is 0 Å². The van der Waals surface area contributed by atoms with Crippen LogP contribution >= 0.6 is 0 Å². The van der Waals surface area contributed by atoms with E-state index in [-0.39, 0.29) is 0 Å². The predicted octanol–water partition coefficient (Wildman–Crippen LogP) is 5.09. The van der Waals surface area contributed by atoms with Crippen molar-refractivity contribution in [2.24, 2.45) is 28.6 Å². The smallest absolute Gasteiger partial charge is 0.0439 e. The van der Waals surface area contributed by atoms with Gasteiger partial charge in [-0.1, -0.05) is 25.0 Å². The molecule has 0 unspecified atom stereocenters. The SMILES string of the molecule is C[C@@]12CCC[C@H]1[C@@H]1CCC3=CCCC[C@]3(CCO)[C@H]1CC2. The summed E-state index contributed by atoms with van der Waals surface area (Å²) in [4.78, 5) is 0. The minimum absolute atomic E-state index is 0.391. The van der Waals surface area contributed by atoms with Crippen LogP contribution in [0.4, 0.5) is 0 Å². The zero-order valence-corrected chi connectivity index (χ0v) is 13.7. The Morgan fingerprint density at radius 2 is 2.00 bits per heavy atom. The first-order valence-electron chi connectivity index (χ1n) is 9.50. The third-order valence-electron chi connectivity index (χ3n) is 8.09. The van der Waals surface area contributed by atoms with E-state index in [4.69, 9.17) is 0 Å². The second-order valence-corrected chi connectivity index (χ2v) is 8.75. The standard InChI is InChI=1S/C20H32O/c1-19-10-4-6-17(19)16-8-7-15-5-2-3-11-20(15,13-14-21)18(16)9-12-19/h5,16-18,21H,2-4,6-14H2,1H3/t16-,17-,18-,19-,20+/m0/s1. The Bertz CT molecular complexity index is 439. The molecule has 0 spiro atoms. The molecular formula is C20H32O. The molecule has 118 valence electrons. The average molecular weight is 288 g/mol. The molecule has 0 amide bonds. The van der Waals surface area contributed by atoms with Gasteiger partial charge in [0.25, 0.3) is 0 Å². The third kappa shape index (κ3) is 1.99. The molecule has 0 aromatic heterocycles. The number of hydrogen-bond acceptors (Lipinski definition) is 1. The molecule has 4 aliphatic carbocycles. The highest BCUT2D eigenvalue weighted by atomic mass is 16.3. The van der Waals surface area contributed by atoms with Gasteiger partial charge in [-0.15, -0.1) is 0 Å². The maximum absolute atomic E-state index is 9.75. The van der Waals surface area contributed by atoms with Gasteiger partial charge in [0.1, 0.15) is 0 Å². The van der Waals surface area contributed by atoms with Crippen LogP contribution < -0.4 is 0 Å². The number of fused-ring (bicyclic) bond motifs is 5. The molecule has 3 saturated carbocycles. The summed E-state index contributed by atoms with van der Waals surface area (Å²) >= 11 is 0. The molecule has 0 aromatic carbocycles. The van der Waals surface area contributed by atoms with Gasteiger partial charge in [-0.2, -0.15) is 0 Å². The Kier molecular flexibility index (Phi) is 3.48. The van der Waals surface area contributed by atoms with Crippen LogP contribution in [0.15, 0.2) is 11.6 Å². The number of hydrogen-bond donors (Lipinski definition) is 1. The van der Waals surface area contributed by atoms with Gasteiger partial charge in [0.2, 0.25) is 0 Å². The molecule has 0 heterocycles. The third-order valence-corrected chi connectivity index (χ3v) is 8.09. The quantitative estimate of drug-likeness (QED) is 0.702. The maximum atomic E-state index is 9.75. The van der Waals surface area contributed by atoms with E-state index in [2.05, 4.69) is 13.0 Å². The van der Waals surface area contributed by atoms with Gasteiger partial charge in [-0.3, -0.25) is 0 Å². The second kappa shape index (κ2) is 5.11. The Balaban J connectivity index is 1.70. The molecule has 1 heteroatoms. The van der Waals surface area contributed by atoms with Crippen molar-refractivity contribution in [1.82, 2.24) is 0 Å². The molecule has 4 rings (SSSR count). The largest absolute Gasteiger partial charge is 0.396 e. The highest BCUT2D eigenvalue weighted by Gasteiger charge is 2.56. The molecule has 3 fully saturated rings. The summed E-state index contributed by atoms with van der Waals surface area (Å²) in [7, 11) is 0. The van der Waals surface area contributed by atoms with E-state index in [0.29, 0.717) is 17.4 Å². The summed E-state index contributed by atoms with van der Waals surface area (Å²) in [5, 5.41) is 9.75. The van der Waals surface area contributed by atoms with Crippen LogP contribution in [0, 0.1) is 28.6 Å². The zero-order chi connectivity index (χ0) is 14.5. The minimum atomic E-state index is 0.391. The van der Waals surface area contributed by atoms with Crippen molar-refractivity contribution in [2.75, 3.05) is 6.61 Å². The molecule has 21 heavy (non-hydrogen) atoms. The summed E-state index contributed by atoms with van der Waals surface area (Å²) in [5.41, 5.74) is 2.82. The fourth-order valence-corrected chi connectivity index (χ4v) is 7.19. The van der Waals surface area contributed by atoms with Crippen LogP contribution in [0.25, 0.3) is 0 Å². The predicted molar refractivity (Wildman–Crippen MR) is 87.0 cm³/mol. The first-order valence-corrected chi connectivity index (χ1v) is 9.50. The molecule has 0 bridgehead atoms. The zero-order valence-electron chi connectivity index (χ0n) is 13.7. The summed E-state index contributed by atoms with van der Waals surface area (Å²) in [6, 6.07) is 0. The Morgan fingerprint density at radius 1 is 1.10 bits per heavy atom. The van der Waals surface area contributed by atoms with Crippen LogP contribution in [-0.2, 0) is 0 Å². The van der Waals surface area contributed by atoms with Crippen molar-refractivity contribution in [2.45, 2.75) is 77.6 Å². The molecule has 0 aliphatic heterocycles. The lowest BCUT2D eigenvalue weighted by Gasteiger charge is -2.58. The van der Waals surface area contributed by atoms with Crippen molar-refractivity contribution in [1.29, 1.82) is 0 Å². The molecule has 1 nitrogen and oxygen atoms in total. The van der Waals surface area contributed by atoms with E-state index >= 15 is 0 Å². The van der Waals surface area contributed by atoms with Crippen LogP contribution in [0.1, 0.15) is 77.6 Å². The lowest BCUT2D eigenvalue weighted by Crippen LogP contribution is -2.50. The van der Waals surface area contributed by atoms with Gasteiger partial charge in [0.15, 0.2) is 0 Å². The summed E-state index contributed by atoms with van der Waals surface area (Å²) in [6.45, 7) is 2.98. The van der Waals surface area contributed by atoms with Crippen LogP contribution in [0.5, 0.6) is 0 Å². The lowest BCUT2D eigenvalue weighted by atomic mass is 9.46. The van der Waals surface area contributed by atoms with E-state index in [1.54, 1.807) is 5.57 Å². The highest BCUT2D eigenvalue weighted by Crippen LogP contribution is 2.66. The van der Waals surface area contributed by atoms with Gasteiger partial charge in [-0.05, 0) is 92.8 Å². The molecule has 5 atom stereocenters. The normalized spacial score (nSPS) is 49.0. The van der Waals surface area contributed by atoms with Gasteiger partial charge in [0.05, 0.1) is 0 Å². The molecule has 0 saturated heterocycles. The fourth-order valence-electron chi connectivity index (χ4n) is 7.19. The molecule has 1 N–H and O–H groups in total. The highest BCUT2D eigenvalue weighted by molar-refractivity contribution is 5.24. The first kappa shape index (κ1) is 14.3. The summed E-state index contributed by atoms with van der Waals surface area (Å²) < 4.78 is 0. The van der Waals surface area contributed by atoms with Crippen molar-refractivity contribution in [3.63, 3.8) is 0 Å². The monoisotopic (exact) mass is 288 g/mol. The average Bonchev–Trinajstić information content (AvgIpc) is 2.89. The van der Waals surface area contributed by atoms with Gasteiger partial charge < -0.3 is 5.11 Å². The maximum Gasteiger partial charge on any atom is 0.0439 e. The topological polar surface area (TPSA) is 20.2 Å². The van der Waals surface area contributed by atoms with E-state index < -0.39 is 0 Å². The number of aliphatic hydroxyl groups is 1.